The van der Waals surface area contributed by atoms with Gasteiger partial charge in [-0.05, 0) is 37.2 Å². The lowest BCUT2D eigenvalue weighted by atomic mass is 10.0. The normalized spacial score (nSPS) is 11.5. The molecule has 2 N–H and O–H groups in total. The van der Waals surface area contributed by atoms with Crippen LogP contribution in [-0.4, -0.2) is 33.3 Å². The second-order valence-electron chi connectivity index (χ2n) is 5.00. The minimum absolute atomic E-state index is 0.0264. The van der Waals surface area contributed by atoms with Crippen molar-refractivity contribution < 1.29 is 9.84 Å². The molecule has 1 aromatic heterocycles. The van der Waals surface area contributed by atoms with Crippen LogP contribution < -0.4 is 4.74 Å². The summed E-state index contributed by atoms with van der Waals surface area (Å²) in [7, 11) is 1.50. The molecule has 2 rings (SSSR count). The van der Waals surface area contributed by atoms with Crippen molar-refractivity contribution in [1.29, 1.82) is 0 Å². The summed E-state index contributed by atoms with van der Waals surface area (Å²) >= 11 is 8.63. The molecule has 2 aromatic rings. The number of nitrogens with zero attached hydrogens (tertiary/aromatic N) is 3. The van der Waals surface area contributed by atoms with Gasteiger partial charge >= 0.3 is 0 Å². The Labute approximate surface area is 148 Å². The summed E-state index contributed by atoms with van der Waals surface area (Å²) in [6.07, 6.45) is 3.43. The van der Waals surface area contributed by atoms with E-state index in [0.29, 0.717) is 16.1 Å². The number of ether oxygens (including phenoxy) is 1. The zero-order chi connectivity index (χ0) is 17.0. The van der Waals surface area contributed by atoms with Crippen LogP contribution in [0.5, 0.6) is 11.5 Å². The minimum atomic E-state index is 0.0264. The standard InChI is InChI=1S/C15H19BrN4O2S/c1-4-9(5-2)14-18-19-15(23)20(14)17-8-10-6-11(16)7-12(22-3)13(10)21/h6-9,21H,4-5H2,1-3H3,(H,19,23)/b17-8-. The van der Waals surface area contributed by atoms with E-state index in [-0.39, 0.29) is 11.7 Å². The van der Waals surface area contributed by atoms with E-state index in [1.165, 1.54) is 7.11 Å². The Morgan fingerprint density at radius 1 is 1.48 bits per heavy atom. The number of phenols is 1. The summed E-state index contributed by atoms with van der Waals surface area (Å²) in [5, 5.41) is 21.6. The number of benzene rings is 1. The first-order valence-corrected chi connectivity index (χ1v) is 8.50. The molecule has 0 aliphatic carbocycles. The van der Waals surface area contributed by atoms with Gasteiger partial charge < -0.3 is 9.84 Å². The molecule has 0 atom stereocenters. The van der Waals surface area contributed by atoms with Crippen molar-refractivity contribution in [2.24, 2.45) is 5.10 Å². The Hall–Kier alpha value is -1.67. The molecule has 0 saturated carbocycles. The van der Waals surface area contributed by atoms with E-state index >= 15 is 0 Å². The average molecular weight is 399 g/mol. The molecule has 23 heavy (non-hydrogen) atoms. The highest BCUT2D eigenvalue weighted by molar-refractivity contribution is 9.10. The fourth-order valence-corrected chi connectivity index (χ4v) is 2.94. The van der Waals surface area contributed by atoms with Crippen LogP contribution in [0.2, 0.25) is 0 Å². The molecule has 0 fully saturated rings. The molecule has 0 amide bonds. The van der Waals surface area contributed by atoms with Crippen molar-refractivity contribution in [3.8, 4) is 11.5 Å². The van der Waals surface area contributed by atoms with Crippen molar-refractivity contribution in [2.45, 2.75) is 32.6 Å². The van der Waals surface area contributed by atoms with Gasteiger partial charge in [0.2, 0.25) is 4.77 Å². The monoisotopic (exact) mass is 398 g/mol. The van der Waals surface area contributed by atoms with Crippen LogP contribution in [0.25, 0.3) is 0 Å². The second kappa shape index (κ2) is 7.74. The Morgan fingerprint density at radius 2 is 2.17 bits per heavy atom. The smallest absolute Gasteiger partial charge is 0.216 e. The second-order valence-corrected chi connectivity index (χ2v) is 6.31. The molecule has 124 valence electrons. The van der Waals surface area contributed by atoms with Crippen molar-refractivity contribution in [3.05, 3.63) is 32.8 Å². The van der Waals surface area contributed by atoms with Crippen LogP contribution in [0.1, 0.15) is 44.0 Å². The third-order valence-corrected chi connectivity index (χ3v) is 4.35. The van der Waals surface area contributed by atoms with Crippen LogP contribution >= 0.6 is 28.1 Å². The first-order valence-electron chi connectivity index (χ1n) is 7.29. The number of hydrogen-bond donors (Lipinski definition) is 2. The number of rotatable bonds is 6. The highest BCUT2D eigenvalue weighted by Crippen LogP contribution is 2.32. The van der Waals surface area contributed by atoms with Crippen molar-refractivity contribution in [3.63, 3.8) is 0 Å². The van der Waals surface area contributed by atoms with Crippen molar-refractivity contribution in [2.75, 3.05) is 7.11 Å². The summed E-state index contributed by atoms with van der Waals surface area (Å²) in [5.74, 6) is 1.46. The maximum Gasteiger partial charge on any atom is 0.216 e. The summed E-state index contributed by atoms with van der Waals surface area (Å²) in [6.45, 7) is 4.20. The van der Waals surface area contributed by atoms with Gasteiger partial charge in [0.15, 0.2) is 17.3 Å². The van der Waals surface area contributed by atoms with Gasteiger partial charge in [-0.2, -0.15) is 14.9 Å². The summed E-state index contributed by atoms with van der Waals surface area (Å²) < 4.78 is 7.94. The van der Waals surface area contributed by atoms with Gasteiger partial charge in [-0.1, -0.05) is 29.8 Å². The third kappa shape index (κ3) is 3.81. The fraction of sp³-hybridized carbons (Fsp3) is 0.400. The van der Waals surface area contributed by atoms with E-state index < -0.39 is 0 Å². The van der Waals surface area contributed by atoms with Crippen LogP contribution in [0.3, 0.4) is 0 Å². The summed E-state index contributed by atoms with van der Waals surface area (Å²) in [6, 6.07) is 3.44. The molecule has 8 heteroatoms. The molecular weight excluding hydrogens is 380 g/mol. The van der Waals surface area contributed by atoms with Gasteiger partial charge in [-0.15, -0.1) is 0 Å². The molecule has 0 aliphatic rings. The number of H-pyrrole nitrogens is 1. The predicted octanol–water partition coefficient (Wildman–Crippen LogP) is 4.20. The van der Waals surface area contributed by atoms with E-state index in [4.69, 9.17) is 17.0 Å². The van der Waals surface area contributed by atoms with E-state index in [2.05, 4.69) is 45.1 Å². The Morgan fingerprint density at radius 3 is 2.78 bits per heavy atom. The topological polar surface area (TPSA) is 75.4 Å². The molecule has 0 unspecified atom stereocenters. The van der Waals surface area contributed by atoms with E-state index in [1.807, 2.05) is 0 Å². The largest absolute Gasteiger partial charge is 0.504 e. The van der Waals surface area contributed by atoms with Crippen LogP contribution in [-0.2, 0) is 0 Å². The molecule has 0 saturated heterocycles. The molecule has 0 bridgehead atoms. The first kappa shape index (κ1) is 17.7. The number of halogens is 1. The molecule has 1 aromatic carbocycles. The first-order chi connectivity index (χ1) is 11.0. The maximum absolute atomic E-state index is 10.2. The van der Waals surface area contributed by atoms with Crippen molar-refractivity contribution >= 4 is 34.4 Å². The highest BCUT2D eigenvalue weighted by Gasteiger charge is 2.15. The Balaban J connectivity index is 2.44. The zero-order valence-electron chi connectivity index (χ0n) is 13.2. The SMILES string of the molecule is CCC(CC)c1n[nH]c(=S)n1/N=C\c1cc(Br)cc(OC)c1O. The number of phenolic OH excluding ortho intramolecular Hbond substituents is 1. The number of methoxy groups -OCH3 is 1. The number of aromatic amines is 1. The Bertz CT molecular complexity index is 765. The van der Waals surface area contributed by atoms with Gasteiger partial charge in [0.25, 0.3) is 0 Å². The van der Waals surface area contributed by atoms with Gasteiger partial charge in [0.1, 0.15) is 0 Å². The van der Waals surface area contributed by atoms with Crippen LogP contribution in [0.4, 0.5) is 0 Å². The quantitative estimate of drug-likeness (QED) is 0.564. The summed E-state index contributed by atoms with van der Waals surface area (Å²) in [5.41, 5.74) is 0.523. The summed E-state index contributed by atoms with van der Waals surface area (Å²) in [4.78, 5) is 0. The fourth-order valence-electron chi connectivity index (χ4n) is 2.30. The van der Waals surface area contributed by atoms with E-state index in [0.717, 1.165) is 23.1 Å². The predicted molar refractivity (Wildman–Crippen MR) is 96.1 cm³/mol. The van der Waals surface area contributed by atoms with E-state index in [9.17, 15) is 5.11 Å². The third-order valence-electron chi connectivity index (χ3n) is 3.63. The number of aromatic hydroxyl groups is 1. The van der Waals surface area contributed by atoms with E-state index in [1.54, 1.807) is 23.0 Å². The number of hydrogen-bond acceptors (Lipinski definition) is 5. The lowest BCUT2D eigenvalue weighted by Crippen LogP contribution is -2.05. The minimum Gasteiger partial charge on any atom is -0.504 e. The molecule has 0 spiro atoms. The van der Waals surface area contributed by atoms with Crippen LogP contribution in [0.15, 0.2) is 21.7 Å². The van der Waals surface area contributed by atoms with Gasteiger partial charge in [0, 0.05) is 16.0 Å². The number of aromatic nitrogens is 3. The molecule has 0 radical (unpaired) electrons. The lowest BCUT2D eigenvalue weighted by Gasteiger charge is -2.10. The van der Waals surface area contributed by atoms with Gasteiger partial charge in [-0.25, -0.2) is 0 Å². The number of nitrogens with one attached hydrogen (secondary N) is 1. The molecule has 0 aliphatic heterocycles. The lowest BCUT2D eigenvalue weighted by molar-refractivity contribution is 0.373. The molecule has 6 nitrogen and oxygen atoms in total. The van der Waals surface area contributed by atoms with Gasteiger partial charge in [-0.3, -0.25) is 5.10 Å². The molecule has 1 heterocycles. The zero-order valence-corrected chi connectivity index (χ0v) is 15.6. The van der Waals surface area contributed by atoms with Gasteiger partial charge in [0.05, 0.1) is 13.3 Å². The molecular formula is C15H19BrN4O2S. The van der Waals surface area contributed by atoms with Crippen molar-refractivity contribution in [1.82, 2.24) is 14.9 Å². The van der Waals surface area contributed by atoms with Crippen LogP contribution in [0, 0.1) is 4.77 Å². The Kier molecular flexibility index (Phi) is 5.95. The average Bonchev–Trinajstić information content (AvgIpc) is 2.90. The highest BCUT2D eigenvalue weighted by atomic mass is 79.9. The maximum atomic E-state index is 10.2.